The zero-order valence-electron chi connectivity index (χ0n) is 29.5. The Morgan fingerprint density at radius 3 is 1.72 bits per heavy atom. The molecule has 14 nitrogen and oxygen atoms in total. The predicted molar refractivity (Wildman–Crippen MR) is 200 cm³/mol. The van der Waals surface area contributed by atoms with Crippen molar-refractivity contribution < 1.29 is 14.1 Å². The number of carbonyl (C=O) groups is 2. The zero-order chi connectivity index (χ0) is 36.2. The standard InChI is InChI=1S/C20H20ClN5O.C18H20N6O2/c21-15-3-1-14(2-4-15)19(27)26-10-9-25(11-20(12-26)6-7-20)18-16-5-8-22-17(16)23-13-24-18;1-12-8-14(22-26-12)17(25)24-7-6-23(9-18(10-24)3-4-18)16-13-2-5-19-15(13)20-11-21-16/h1-5,8,13H,6-7,9-12H2,(H,22,23,24);2,5,8,11H,3-4,6-7,9-10H2,1H3,(H,19,20,21). The first kappa shape index (κ1) is 33.3. The smallest absolute Gasteiger partial charge is 0.276 e. The molecule has 272 valence electrons. The molecular formula is C38H40ClN11O3. The Labute approximate surface area is 310 Å². The Kier molecular flexibility index (Phi) is 8.28. The van der Waals surface area contributed by atoms with Crippen LogP contribution in [0.1, 0.15) is 52.3 Å². The maximum atomic E-state index is 13.0. The van der Waals surface area contributed by atoms with Crippen LogP contribution in [0.3, 0.4) is 0 Å². The van der Waals surface area contributed by atoms with Crippen LogP contribution >= 0.6 is 11.6 Å². The molecule has 2 aliphatic heterocycles. The molecule has 0 bridgehead atoms. The number of nitrogens with one attached hydrogen (secondary N) is 2. The first-order valence-corrected chi connectivity index (χ1v) is 18.5. The van der Waals surface area contributed by atoms with E-state index in [-0.39, 0.29) is 22.6 Å². The van der Waals surface area contributed by atoms with E-state index in [1.165, 1.54) is 0 Å². The topological polar surface area (TPSA) is 156 Å². The van der Waals surface area contributed by atoms with E-state index in [0.717, 1.165) is 98.7 Å². The number of benzene rings is 1. The van der Waals surface area contributed by atoms with Crippen molar-refractivity contribution in [1.82, 2.24) is 44.9 Å². The Morgan fingerprint density at radius 1 is 0.698 bits per heavy atom. The third kappa shape index (κ3) is 6.67. The molecule has 1 aromatic carbocycles. The summed E-state index contributed by atoms with van der Waals surface area (Å²) in [5, 5.41) is 6.60. The molecule has 2 saturated heterocycles. The lowest BCUT2D eigenvalue weighted by atomic mass is 10.1. The number of aromatic nitrogens is 7. The van der Waals surface area contributed by atoms with Gasteiger partial charge in [0.1, 0.15) is 41.3 Å². The Balaban J connectivity index is 0.000000141. The number of aryl methyl sites for hydroxylation is 1. The maximum absolute atomic E-state index is 13.0. The van der Waals surface area contributed by atoms with Gasteiger partial charge in [0.2, 0.25) is 0 Å². The van der Waals surface area contributed by atoms with Crippen LogP contribution in [0.5, 0.6) is 0 Å². The molecule has 53 heavy (non-hydrogen) atoms. The minimum atomic E-state index is -0.0514. The number of nitrogens with zero attached hydrogens (tertiary/aromatic N) is 9. The van der Waals surface area contributed by atoms with Gasteiger partial charge >= 0.3 is 0 Å². The molecule has 4 fully saturated rings. The summed E-state index contributed by atoms with van der Waals surface area (Å²) in [6.07, 6.45) is 11.5. The monoisotopic (exact) mass is 733 g/mol. The van der Waals surface area contributed by atoms with E-state index in [4.69, 9.17) is 16.1 Å². The lowest BCUT2D eigenvalue weighted by Gasteiger charge is -2.25. The minimum Gasteiger partial charge on any atom is -0.361 e. The lowest BCUT2D eigenvalue weighted by Crippen LogP contribution is -2.36. The molecule has 2 aliphatic carbocycles. The molecule has 6 aromatic rings. The highest BCUT2D eigenvalue weighted by Crippen LogP contribution is 2.50. The highest BCUT2D eigenvalue weighted by Gasteiger charge is 2.49. The van der Waals surface area contributed by atoms with Crippen LogP contribution in [0.4, 0.5) is 11.6 Å². The Bertz CT molecular complexity index is 2290. The summed E-state index contributed by atoms with van der Waals surface area (Å²) in [5.74, 6) is 2.57. The van der Waals surface area contributed by atoms with Crippen LogP contribution < -0.4 is 9.80 Å². The van der Waals surface area contributed by atoms with Crippen LogP contribution in [0.15, 0.2) is 72.0 Å². The van der Waals surface area contributed by atoms with Gasteiger partial charge in [0.05, 0.1) is 10.8 Å². The Morgan fingerprint density at radius 2 is 1.23 bits per heavy atom. The molecule has 2 spiro atoms. The van der Waals surface area contributed by atoms with E-state index in [9.17, 15) is 9.59 Å². The molecule has 2 N–H and O–H groups in total. The number of aromatic amines is 2. The van der Waals surface area contributed by atoms with Crippen LogP contribution in [-0.2, 0) is 0 Å². The molecular weight excluding hydrogens is 694 g/mol. The van der Waals surface area contributed by atoms with Crippen LogP contribution in [0, 0.1) is 17.8 Å². The number of fused-ring (bicyclic) bond motifs is 2. The number of H-pyrrole nitrogens is 2. The van der Waals surface area contributed by atoms with Crippen LogP contribution in [-0.4, -0.2) is 109 Å². The largest absolute Gasteiger partial charge is 0.361 e. The molecule has 0 radical (unpaired) electrons. The second-order valence-electron chi connectivity index (χ2n) is 15.0. The molecule has 7 heterocycles. The van der Waals surface area contributed by atoms with E-state index in [1.807, 2.05) is 34.3 Å². The van der Waals surface area contributed by atoms with Gasteiger partial charge in [-0.25, -0.2) is 19.9 Å². The minimum absolute atomic E-state index is 0.0514. The van der Waals surface area contributed by atoms with Crippen molar-refractivity contribution in [3.63, 3.8) is 0 Å². The number of halogens is 1. The van der Waals surface area contributed by atoms with E-state index in [0.29, 0.717) is 35.1 Å². The van der Waals surface area contributed by atoms with Gasteiger partial charge in [0.25, 0.3) is 11.8 Å². The molecule has 0 unspecified atom stereocenters. The molecule has 4 aliphatic rings. The van der Waals surface area contributed by atoms with Crippen molar-refractivity contribution in [1.29, 1.82) is 0 Å². The van der Waals surface area contributed by atoms with Gasteiger partial charge in [-0.2, -0.15) is 0 Å². The fourth-order valence-electron chi connectivity index (χ4n) is 7.84. The summed E-state index contributed by atoms with van der Waals surface area (Å²) in [5.41, 5.74) is 3.10. The summed E-state index contributed by atoms with van der Waals surface area (Å²) in [7, 11) is 0. The van der Waals surface area contributed by atoms with Crippen molar-refractivity contribution >= 4 is 57.1 Å². The fourth-order valence-corrected chi connectivity index (χ4v) is 7.96. The highest BCUT2D eigenvalue weighted by atomic mass is 35.5. The molecule has 10 rings (SSSR count). The lowest BCUT2D eigenvalue weighted by molar-refractivity contribution is 0.0727. The average Bonchev–Trinajstić information content (AvgIpc) is 3.93. The van der Waals surface area contributed by atoms with Gasteiger partial charge in [-0.15, -0.1) is 0 Å². The first-order valence-electron chi connectivity index (χ1n) is 18.1. The van der Waals surface area contributed by atoms with Gasteiger partial charge in [0, 0.05) is 92.2 Å². The van der Waals surface area contributed by atoms with E-state index in [1.54, 1.807) is 49.9 Å². The SMILES string of the molecule is Cc1cc(C(=O)N2CCN(c3ncnc4[nH]ccc34)CC3(CC3)C2)no1.O=C(c1ccc(Cl)cc1)N1CCN(c2ncnc3[nH]ccc23)CC2(CC2)C1. The summed E-state index contributed by atoms with van der Waals surface area (Å²) < 4.78 is 5.08. The van der Waals surface area contributed by atoms with Crippen LogP contribution in [0.25, 0.3) is 22.1 Å². The van der Waals surface area contributed by atoms with Crippen molar-refractivity contribution in [3.8, 4) is 0 Å². The van der Waals surface area contributed by atoms with Gasteiger partial charge in [0.15, 0.2) is 5.69 Å². The number of hydrogen-bond donors (Lipinski definition) is 2. The summed E-state index contributed by atoms with van der Waals surface area (Å²) in [6, 6.07) is 12.9. The number of rotatable bonds is 4. The average molecular weight is 734 g/mol. The predicted octanol–water partition coefficient (Wildman–Crippen LogP) is 5.35. The molecule has 0 atom stereocenters. The normalized spacial score (nSPS) is 18.9. The first-order chi connectivity index (χ1) is 25.8. The summed E-state index contributed by atoms with van der Waals surface area (Å²) in [4.78, 5) is 58.4. The van der Waals surface area contributed by atoms with Crippen molar-refractivity contribution in [2.75, 3.05) is 62.2 Å². The second-order valence-corrected chi connectivity index (χ2v) is 15.4. The third-order valence-corrected chi connectivity index (χ3v) is 11.3. The second kappa shape index (κ2) is 13.2. The zero-order valence-corrected chi connectivity index (χ0v) is 30.2. The molecule has 2 saturated carbocycles. The number of carbonyl (C=O) groups excluding carboxylic acids is 2. The molecule has 2 amide bonds. The van der Waals surface area contributed by atoms with Crippen molar-refractivity contribution in [3.05, 3.63) is 89.6 Å². The number of hydrogen-bond acceptors (Lipinski definition) is 10. The van der Waals surface area contributed by atoms with E-state index >= 15 is 0 Å². The van der Waals surface area contributed by atoms with Crippen molar-refractivity contribution in [2.24, 2.45) is 10.8 Å². The Hall–Kier alpha value is -5.50. The van der Waals surface area contributed by atoms with Gasteiger partial charge in [-0.05, 0) is 69.0 Å². The fraction of sp³-hybridized carbons (Fsp3) is 0.395. The number of amides is 2. The van der Waals surface area contributed by atoms with Crippen molar-refractivity contribution in [2.45, 2.75) is 32.6 Å². The molecule has 5 aromatic heterocycles. The van der Waals surface area contributed by atoms with E-state index < -0.39 is 0 Å². The quantitative estimate of drug-likeness (QED) is 0.242. The number of anilines is 2. The summed E-state index contributed by atoms with van der Waals surface area (Å²) >= 11 is 5.96. The van der Waals surface area contributed by atoms with Gasteiger partial charge in [-0.3, -0.25) is 9.59 Å². The van der Waals surface area contributed by atoms with Gasteiger partial charge < -0.3 is 34.1 Å². The van der Waals surface area contributed by atoms with Crippen LogP contribution in [0.2, 0.25) is 5.02 Å². The maximum Gasteiger partial charge on any atom is 0.276 e. The van der Waals surface area contributed by atoms with Gasteiger partial charge in [-0.1, -0.05) is 16.8 Å². The van der Waals surface area contributed by atoms with E-state index in [2.05, 4.69) is 44.9 Å². The highest BCUT2D eigenvalue weighted by molar-refractivity contribution is 6.30. The summed E-state index contributed by atoms with van der Waals surface area (Å²) in [6.45, 7) is 8.01. The third-order valence-electron chi connectivity index (χ3n) is 11.1. The molecule has 15 heteroatoms.